The molecule has 0 radical (unpaired) electrons. The van der Waals surface area contributed by atoms with E-state index in [1.54, 1.807) is 13.3 Å². The van der Waals surface area contributed by atoms with Gasteiger partial charge in [0, 0.05) is 7.11 Å². The van der Waals surface area contributed by atoms with Gasteiger partial charge in [0.05, 0.1) is 29.5 Å². The van der Waals surface area contributed by atoms with Crippen molar-refractivity contribution in [3.63, 3.8) is 0 Å². The fourth-order valence-electron chi connectivity index (χ4n) is 2.46. The summed E-state index contributed by atoms with van der Waals surface area (Å²) in [5.74, 6) is 0.586. The highest BCUT2D eigenvalue weighted by Crippen LogP contribution is 2.47. The van der Waals surface area contributed by atoms with Gasteiger partial charge >= 0.3 is 0 Å². The lowest BCUT2D eigenvalue weighted by atomic mass is 9.70. The number of aromatic nitrogens is 2. The minimum absolute atomic E-state index is 0.586. The van der Waals surface area contributed by atoms with Crippen molar-refractivity contribution in [3.05, 3.63) is 16.4 Å². The molecule has 2 rings (SSSR count). The number of nitrogens with zero attached hydrogens (tertiary/aromatic N) is 2. The van der Waals surface area contributed by atoms with Gasteiger partial charge in [-0.25, -0.2) is 0 Å². The van der Waals surface area contributed by atoms with E-state index < -0.39 is 5.60 Å². The van der Waals surface area contributed by atoms with Crippen LogP contribution in [0.3, 0.4) is 0 Å². The maximum atomic E-state index is 10.5. The van der Waals surface area contributed by atoms with Crippen LogP contribution in [0.25, 0.3) is 0 Å². The predicted octanol–water partition coefficient (Wildman–Crippen LogP) is 1.91. The summed E-state index contributed by atoms with van der Waals surface area (Å²) >= 11 is 3.46. The molecule has 0 spiro atoms. The number of rotatable bonds is 4. The molecule has 1 N–H and O–H groups in total. The molecule has 90 valence electrons. The van der Waals surface area contributed by atoms with Gasteiger partial charge in [-0.15, -0.1) is 0 Å². The SMILES string of the molecule is COCCn1ncc(Br)c1C1(O)CC(C)C1. The first-order valence-electron chi connectivity index (χ1n) is 5.50. The Morgan fingerprint density at radius 2 is 2.38 bits per heavy atom. The van der Waals surface area contributed by atoms with Gasteiger partial charge in [-0.1, -0.05) is 6.92 Å². The number of ether oxygens (including phenoxy) is 1. The van der Waals surface area contributed by atoms with Crippen molar-refractivity contribution in [2.45, 2.75) is 31.9 Å². The van der Waals surface area contributed by atoms with Crippen molar-refractivity contribution >= 4 is 15.9 Å². The molecule has 4 nitrogen and oxygen atoms in total. The third kappa shape index (κ3) is 2.04. The highest BCUT2D eigenvalue weighted by atomic mass is 79.9. The lowest BCUT2D eigenvalue weighted by Crippen LogP contribution is -2.42. The summed E-state index contributed by atoms with van der Waals surface area (Å²) in [6.45, 7) is 3.43. The van der Waals surface area contributed by atoms with E-state index in [2.05, 4.69) is 28.0 Å². The Morgan fingerprint density at radius 1 is 1.69 bits per heavy atom. The van der Waals surface area contributed by atoms with E-state index in [9.17, 15) is 5.11 Å². The van der Waals surface area contributed by atoms with Crippen molar-refractivity contribution in [2.75, 3.05) is 13.7 Å². The predicted molar refractivity (Wildman–Crippen MR) is 64.1 cm³/mol. The van der Waals surface area contributed by atoms with Crippen LogP contribution in [-0.2, 0) is 16.9 Å². The molecular formula is C11H17BrN2O2. The summed E-state index contributed by atoms with van der Waals surface area (Å²) in [5.41, 5.74) is 0.185. The molecule has 5 heteroatoms. The Balaban J connectivity index is 2.22. The number of hydrogen-bond acceptors (Lipinski definition) is 3. The van der Waals surface area contributed by atoms with Crippen molar-refractivity contribution in [1.82, 2.24) is 9.78 Å². The van der Waals surface area contributed by atoms with E-state index in [-0.39, 0.29) is 0 Å². The Bertz CT molecular complexity index is 372. The molecule has 0 bridgehead atoms. The van der Waals surface area contributed by atoms with Gasteiger partial charge in [-0.3, -0.25) is 4.68 Å². The van der Waals surface area contributed by atoms with Gasteiger partial charge in [-0.2, -0.15) is 5.10 Å². The maximum Gasteiger partial charge on any atom is 0.108 e. The standard InChI is InChI=1S/C11H17BrN2O2/c1-8-5-11(15,6-8)10-9(12)7-13-14(10)3-4-16-2/h7-8,15H,3-6H2,1-2H3. The van der Waals surface area contributed by atoms with E-state index in [0.29, 0.717) is 19.1 Å². The van der Waals surface area contributed by atoms with Crippen molar-refractivity contribution in [1.29, 1.82) is 0 Å². The lowest BCUT2D eigenvalue weighted by molar-refractivity contribution is -0.0814. The van der Waals surface area contributed by atoms with Crippen LogP contribution >= 0.6 is 15.9 Å². The lowest BCUT2D eigenvalue weighted by Gasteiger charge is -2.42. The van der Waals surface area contributed by atoms with Crippen LogP contribution in [-0.4, -0.2) is 28.6 Å². The molecule has 1 aliphatic carbocycles. The summed E-state index contributed by atoms with van der Waals surface area (Å²) < 4.78 is 7.76. The van der Waals surface area contributed by atoms with Crippen LogP contribution in [0, 0.1) is 5.92 Å². The summed E-state index contributed by atoms with van der Waals surface area (Å²) in [4.78, 5) is 0. The minimum Gasteiger partial charge on any atom is -0.384 e. The Hall–Kier alpha value is -0.390. The highest BCUT2D eigenvalue weighted by molar-refractivity contribution is 9.10. The quantitative estimate of drug-likeness (QED) is 0.921. The van der Waals surface area contributed by atoms with Crippen LogP contribution in [0.1, 0.15) is 25.5 Å². The molecular weight excluding hydrogens is 272 g/mol. The second kappa shape index (κ2) is 4.47. The molecule has 0 amide bonds. The van der Waals surface area contributed by atoms with Crippen LogP contribution in [0.2, 0.25) is 0 Å². The van der Waals surface area contributed by atoms with E-state index in [4.69, 9.17) is 4.74 Å². The van der Waals surface area contributed by atoms with E-state index in [1.165, 1.54) is 0 Å². The minimum atomic E-state index is -0.706. The molecule has 0 saturated heterocycles. The second-order valence-electron chi connectivity index (χ2n) is 4.60. The van der Waals surface area contributed by atoms with Crippen LogP contribution in [0.5, 0.6) is 0 Å². The Labute approximate surface area is 104 Å². The van der Waals surface area contributed by atoms with Crippen LogP contribution in [0.15, 0.2) is 10.7 Å². The molecule has 16 heavy (non-hydrogen) atoms. The fraction of sp³-hybridized carbons (Fsp3) is 0.727. The Kier molecular flexibility index (Phi) is 3.37. The van der Waals surface area contributed by atoms with Gasteiger partial charge in [-0.05, 0) is 34.7 Å². The van der Waals surface area contributed by atoms with Gasteiger partial charge < -0.3 is 9.84 Å². The fourth-order valence-corrected chi connectivity index (χ4v) is 3.12. The van der Waals surface area contributed by atoms with Crippen molar-refractivity contribution in [3.8, 4) is 0 Å². The normalized spacial score (nSPS) is 29.1. The first-order valence-corrected chi connectivity index (χ1v) is 6.29. The molecule has 0 aliphatic heterocycles. The number of methoxy groups -OCH3 is 1. The number of aliphatic hydroxyl groups is 1. The van der Waals surface area contributed by atoms with E-state index >= 15 is 0 Å². The summed E-state index contributed by atoms with van der Waals surface area (Å²) in [6, 6.07) is 0. The number of halogens is 1. The topological polar surface area (TPSA) is 47.3 Å². The zero-order chi connectivity index (χ0) is 11.8. The van der Waals surface area contributed by atoms with E-state index in [0.717, 1.165) is 23.0 Å². The van der Waals surface area contributed by atoms with Gasteiger partial charge in [0.25, 0.3) is 0 Å². The maximum absolute atomic E-state index is 10.5. The number of hydrogen-bond donors (Lipinski definition) is 1. The molecule has 1 heterocycles. The first-order chi connectivity index (χ1) is 7.57. The largest absolute Gasteiger partial charge is 0.384 e. The molecule has 1 fully saturated rings. The monoisotopic (exact) mass is 288 g/mol. The molecule has 1 saturated carbocycles. The first kappa shape index (κ1) is 12.1. The third-order valence-corrected chi connectivity index (χ3v) is 3.70. The Morgan fingerprint density at radius 3 is 2.94 bits per heavy atom. The average molecular weight is 289 g/mol. The zero-order valence-corrected chi connectivity index (χ0v) is 11.2. The van der Waals surface area contributed by atoms with Gasteiger partial charge in [0.1, 0.15) is 5.60 Å². The zero-order valence-electron chi connectivity index (χ0n) is 9.61. The molecule has 1 aliphatic rings. The second-order valence-corrected chi connectivity index (χ2v) is 5.46. The summed E-state index contributed by atoms with van der Waals surface area (Å²) in [7, 11) is 1.67. The molecule has 1 aromatic rings. The van der Waals surface area contributed by atoms with Gasteiger partial charge in [0.2, 0.25) is 0 Å². The summed E-state index contributed by atoms with van der Waals surface area (Å²) in [5, 5.41) is 14.7. The molecule has 0 aromatic carbocycles. The van der Waals surface area contributed by atoms with Crippen LogP contribution in [0.4, 0.5) is 0 Å². The van der Waals surface area contributed by atoms with Crippen molar-refractivity contribution in [2.24, 2.45) is 5.92 Å². The molecule has 0 unspecified atom stereocenters. The molecule has 0 atom stereocenters. The van der Waals surface area contributed by atoms with Gasteiger partial charge in [0.15, 0.2) is 0 Å². The average Bonchev–Trinajstić information content (AvgIpc) is 2.55. The summed E-state index contributed by atoms with van der Waals surface area (Å²) in [6.07, 6.45) is 3.36. The smallest absolute Gasteiger partial charge is 0.108 e. The van der Waals surface area contributed by atoms with Crippen LogP contribution < -0.4 is 0 Å². The highest BCUT2D eigenvalue weighted by Gasteiger charge is 2.45. The van der Waals surface area contributed by atoms with Crippen molar-refractivity contribution < 1.29 is 9.84 Å². The molecule has 1 aromatic heterocycles. The van der Waals surface area contributed by atoms with E-state index in [1.807, 2.05) is 4.68 Å². The third-order valence-electron chi connectivity index (χ3n) is 3.12.